The molecule has 1 saturated carbocycles. The molecular formula is C34H32ClN9O2. The number of hydrogen-bond acceptors (Lipinski definition) is 9. The number of anilines is 1. The van der Waals surface area contributed by atoms with Gasteiger partial charge in [-0.25, -0.2) is 14.5 Å². The summed E-state index contributed by atoms with van der Waals surface area (Å²) in [5.74, 6) is 1.35. The zero-order valence-corrected chi connectivity index (χ0v) is 26.4. The highest BCUT2D eigenvalue weighted by Crippen LogP contribution is 2.45. The predicted molar refractivity (Wildman–Crippen MR) is 173 cm³/mol. The number of amides is 1. The molecule has 2 fully saturated rings. The summed E-state index contributed by atoms with van der Waals surface area (Å²) < 4.78 is 1.67. The third-order valence-electron chi connectivity index (χ3n) is 9.13. The Morgan fingerprint density at radius 2 is 1.83 bits per heavy atom. The van der Waals surface area contributed by atoms with Crippen molar-refractivity contribution in [1.82, 2.24) is 34.9 Å². The van der Waals surface area contributed by atoms with Gasteiger partial charge in [0.25, 0.3) is 5.91 Å². The van der Waals surface area contributed by atoms with Gasteiger partial charge in [0.05, 0.1) is 51.7 Å². The van der Waals surface area contributed by atoms with Crippen molar-refractivity contribution in [3.8, 4) is 28.6 Å². The number of pyridine rings is 3. The van der Waals surface area contributed by atoms with Crippen molar-refractivity contribution < 1.29 is 9.90 Å². The fourth-order valence-electron chi connectivity index (χ4n) is 6.91. The van der Waals surface area contributed by atoms with Gasteiger partial charge in [-0.05, 0) is 69.7 Å². The first kappa shape index (κ1) is 29.8. The molecule has 1 amide bonds. The Balaban J connectivity index is 1.10. The van der Waals surface area contributed by atoms with Gasteiger partial charge in [-0.15, -0.1) is 0 Å². The van der Waals surface area contributed by atoms with Crippen LogP contribution in [0.5, 0.6) is 0 Å². The molecule has 12 heteroatoms. The summed E-state index contributed by atoms with van der Waals surface area (Å²) in [6.07, 6.45) is 11.8. The molecule has 11 nitrogen and oxygen atoms in total. The first-order valence-corrected chi connectivity index (χ1v) is 15.5. The Morgan fingerprint density at radius 3 is 2.46 bits per heavy atom. The minimum Gasteiger partial charge on any atom is -0.386 e. The van der Waals surface area contributed by atoms with E-state index in [1.54, 1.807) is 61.5 Å². The normalized spacial score (nSPS) is 20.9. The standard InChI is InChI=1S/C34H32ClN9O2/c1-33(2,46)24-6-7-27(38-14-24)20-9-25(31-23(12-36)13-41-44(31)19-20)28-15-40-29(16-39-28)43-17-21-10-34(3,11-22(21)18-43)42-32(45)30-26(35)5-4-8-37-30/h4-9,13-16,19,21-22,46H,10-11,17-18H2,1-3H3,(H,42,45)/t21-,22+,34+. The molecule has 2 N–H and O–H groups in total. The third kappa shape index (κ3) is 5.44. The van der Waals surface area contributed by atoms with Crippen LogP contribution in [0, 0.1) is 23.2 Å². The molecule has 46 heavy (non-hydrogen) atoms. The Labute approximate surface area is 270 Å². The summed E-state index contributed by atoms with van der Waals surface area (Å²) in [7, 11) is 0. The number of aromatic nitrogens is 6. The van der Waals surface area contributed by atoms with Gasteiger partial charge >= 0.3 is 0 Å². The van der Waals surface area contributed by atoms with Crippen molar-refractivity contribution in [3.63, 3.8) is 0 Å². The molecule has 1 saturated heterocycles. The summed E-state index contributed by atoms with van der Waals surface area (Å²) >= 11 is 6.20. The topological polar surface area (TPSA) is 145 Å². The summed E-state index contributed by atoms with van der Waals surface area (Å²) in [6, 6.07) is 11.3. The second-order valence-corrected chi connectivity index (χ2v) is 13.4. The lowest BCUT2D eigenvalue weighted by atomic mass is 9.97. The number of nitrogens with one attached hydrogen (secondary N) is 1. The van der Waals surface area contributed by atoms with Crippen LogP contribution in [0.25, 0.3) is 28.0 Å². The lowest BCUT2D eigenvalue weighted by molar-refractivity contribution is 0.0782. The number of carbonyl (C=O) groups excluding carboxylic acids is 1. The van der Waals surface area contributed by atoms with Crippen molar-refractivity contribution in [2.24, 2.45) is 11.8 Å². The van der Waals surface area contributed by atoms with Crippen LogP contribution in [0.4, 0.5) is 5.82 Å². The zero-order chi connectivity index (χ0) is 32.2. The molecule has 3 atom stereocenters. The number of halogens is 1. The molecule has 1 aliphatic heterocycles. The van der Waals surface area contributed by atoms with E-state index in [4.69, 9.17) is 21.6 Å². The monoisotopic (exact) mass is 633 g/mol. The van der Waals surface area contributed by atoms with E-state index in [1.807, 2.05) is 24.4 Å². The van der Waals surface area contributed by atoms with Gasteiger partial charge in [0.1, 0.15) is 17.6 Å². The van der Waals surface area contributed by atoms with Crippen LogP contribution in [-0.4, -0.2) is 59.2 Å². The van der Waals surface area contributed by atoms with Gasteiger partial charge in [0.2, 0.25) is 0 Å². The maximum Gasteiger partial charge on any atom is 0.271 e. The van der Waals surface area contributed by atoms with Crippen molar-refractivity contribution in [1.29, 1.82) is 5.26 Å². The maximum absolute atomic E-state index is 12.9. The smallest absolute Gasteiger partial charge is 0.271 e. The zero-order valence-electron chi connectivity index (χ0n) is 25.6. The molecular weight excluding hydrogens is 602 g/mol. The van der Waals surface area contributed by atoms with Gasteiger partial charge in [0.15, 0.2) is 0 Å². The number of hydrogen-bond donors (Lipinski definition) is 2. The Kier molecular flexibility index (Phi) is 7.22. The molecule has 0 unspecified atom stereocenters. The molecule has 5 aromatic rings. The van der Waals surface area contributed by atoms with Gasteiger partial charge < -0.3 is 15.3 Å². The molecule has 6 heterocycles. The van der Waals surface area contributed by atoms with Crippen LogP contribution in [0.2, 0.25) is 5.02 Å². The lowest BCUT2D eigenvalue weighted by Crippen LogP contribution is -2.45. The van der Waals surface area contributed by atoms with Gasteiger partial charge in [0, 0.05) is 53.9 Å². The molecule has 0 aromatic carbocycles. The first-order chi connectivity index (χ1) is 22.0. The van der Waals surface area contributed by atoms with E-state index in [1.165, 1.54) is 0 Å². The van der Waals surface area contributed by atoms with E-state index < -0.39 is 5.60 Å². The van der Waals surface area contributed by atoms with E-state index >= 15 is 0 Å². The Morgan fingerprint density at radius 1 is 1.07 bits per heavy atom. The van der Waals surface area contributed by atoms with Crippen LogP contribution >= 0.6 is 11.6 Å². The second kappa shape index (κ2) is 11.2. The molecule has 0 radical (unpaired) electrons. The number of aliphatic hydroxyl groups is 1. The van der Waals surface area contributed by atoms with Crippen LogP contribution < -0.4 is 10.2 Å². The highest BCUT2D eigenvalue weighted by molar-refractivity contribution is 6.33. The number of fused-ring (bicyclic) bond motifs is 2. The van der Waals surface area contributed by atoms with E-state index in [0.717, 1.165) is 42.9 Å². The quantitative estimate of drug-likeness (QED) is 0.263. The average Bonchev–Trinajstić information content (AvgIpc) is 3.71. The molecule has 1 aliphatic carbocycles. The number of carbonyl (C=O) groups is 1. The summed E-state index contributed by atoms with van der Waals surface area (Å²) in [4.78, 5) is 33.5. The number of nitriles is 1. The van der Waals surface area contributed by atoms with Gasteiger partial charge in [-0.1, -0.05) is 17.7 Å². The van der Waals surface area contributed by atoms with Crippen LogP contribution in [0.15, 0.2) is 67.5 Å². The van der Waals surface area contributed by atoms with Crippen molar-refractivity contribution in [2.45, 2.75) is 44.8 Å². The van der Waals surface area contributed by atoms with E-state index in [9.17, 15) is 15.2 Å². The van der Waals surface area contributed by atoms with E-state index in [0.29, 0.717) is 44.9 Å². The van der Waals surface area contributed by atoms with E-state index in [2.05, 4.69) is 38.3 Å². The summed E-state index contributed by atoms with van der Waals surface area (Å²) in [5, 5.41) is 28.1. The second-order valence-electron chi connectivity index (χ2n) is 13.0. The highest BCUT2D eigenvalue weighted by atomic mass is 35.5. The van der Waals surface area contributed by atoms with Gasteiger partial charge in [-0.3, -0.25) is 14.8 Å². The van der Waals surface area contributed by atoms with Crippen LogP contribution in [0.1, 0.15) is 55.2 Å². The van der Waals surface area contributed by atoms with Crippen LogP contribution in [0.3, 0.4) is 0 Å². The van der Waals surface area contributed by atoms with Crippen molar-refractivity contribution in [2.75, 3.05) is 18.0 Å². The lowest BCUT2D eigenvalue weighted by Gasteiger charge is -2.28. The number of rotatable bonds is 6. The molecule has 0 bridgehead atoms. The van der Waals surface area contributed by atoms with Crippen molar-refractivity contribution >= 4 is 28.8 Å². The largest absolute Gasteiger partial charge is 0.386 e. The van der Waals surface area contributed by atoms with Gasteiger partial charge in [-0.2, -0.15) is 10.4 Å². The highest BCUT2D eigenvalue weighted by Gasteiger charge is 2.48. The summed E-state index contributed by atoms with van der Waals surface area (Å²) in [6.45, 7) is 7.17. The predicted octanol–water partition coefficient (Wildman–Crippen LogP) is 5.04. The third-order valence-corrected chi connectivity index (χ3v) is 9.43. The van der Waals surface area contributed by atoms with E-state index in [-0.39, 0.29) is 17.1 Å². The number of nitrogens with zero attached hydrogens (tertiary/aromatic N) is 8. The van der Waals surface area contributed by atoms with Crippen LogP contribution in [-0.2, 0) is 5.60 Å². The molecule has 2 aliphatic rings. The molecule has 232 valence electrons. The molecule has 7 rings (SSSR count). The molecule has 0 spiro atoms. The Bertz CT molecular complexity index is 1980. The SMILES string of the molecule is CC(C)(O)c1ccc(-c2cc(-c3cnc(N4C[C@@H]5C[C@@](C)(NC(=O)c6ncccc6Cl)C[C@@H]5C4)cn3)c3c(C#N)cnn3c2)nc1. The van der Waals surface area contributed by atoms with Crippen molar-refractivity contribution in [3.05, 3.63) is 89.4 Å². The minimum absolute atomic E-state index is 0.246. The average molecular weight is 634 g/mol. The fraction of sp³-hybridized carbons (Fsp3) is 0.324. The first-order valence-electron chi connectivity index (χ1n) is 15.1. The minimum atomic E-state index is -1.000. The fourth-order valence-corrected chi connectivity index (χ4v) is 7.11. The summed E-state index contributed by atoms with van der Waals surface area (Å²) in [5.41, 5.74) is 3.52. The Hall–Kier alpha value is -4.92. The molecule has 5 aromatic heterocycles. The maximum atomic E-state index is 12.9.